The van der Waals surface area contributed by atoms with Gasteiger partial charge in [0.25, 0.3) is 5.56 Å². The van der Waals surface area contributed by atoms with Crippen molar-refractivity contribution in [3.8, 4) is 23.0 Å². The Labute approximate surface area is 220 Å². The number of aromatic nitrogens is 1. The van der Waals surface area contributed by atoms with Crippen molar-refractivity contribution in [2.75, 3.05) is 27.9 Å². The topological polar surface area (TPSA) is 134 Å². The number of rotatable bonds is 11. The number of carbonyl (C=O) groups is 2. The molecule has 0 saturated carbocycles. The summed E-state index contributed by atoms with van der Waals surface area (Å²) in [5.74, 6) is -2.00. The molecule has 0 aliphatic rings. The summed E-state index contributed by atoms with van der Waals surface area (Å²) in [7, 11) is 3.86. The first kappa shape index (κ1) is 28.1. The Morgan fingerprint density at radius 3 is 2.29 bits per heavy atom. The van der Waals surface area contributed by atoms with Crippen LogP contribution in [-0.2, 0) is 32.0 Å². The number of carbonyl (C=O) groups excluding carboxylic acids is 2. The molecule has 2 aromatic carbocycles. The Bertz CT molecular complexity index is 1350. The summed E-state index contributed by atoms with van der Waals surface area (Å²) < 4.78 is 22.2. The quantitative estimate of drug-likeness (QED) is 0.362. The van der Waals surface area contributed by atoms with Crippen LogP contribution in [0.1, 0.15) is 34.7 Å². The van der Waals surface area contributed by atoms with E-state index in [-0.39, 0.29) is 41.5 Å². The number of hydrogen-bond acceptors (Lipinski definition) is 9. The smallest absolute Gasteiger partial charge is 0.343 e. The minimum absolute atomic E-state index is 0.0251. The highest BCUT2D eigenvalue weighted by atomic mass is 16.6. The monoisotopic (exact) mass is 525 g/mol. The molecule has 0 radical (unpaired) electrons. The van der Waals surface area contributed by atoms with E-state index >= 15 is 0 Å². The Hall–Kier alpha value is -4.47. The average molecular weight is 526 g/mol. The van der Waals surface area contributed by atoms with Gasteiger partial charge in [0.2, 0.25) is 0 Å². The molecule has 0 saturated heterocycles. The number of para-hydroxylation sites is 1. The molecule has 38 heavy (non-hydrogen) atoms. The van der Waals surface area contributed by atoms with E-state index in [9.17, 15) is 24.6 Å². The van der Waals surface area contributed by atoms with Crippen LogP contribution in [0.4, 0.5) is 0 Å². The highest BCUT2D eigenvalue weighted by Crippen LogP contribution is 2.41. The average Bonchev–Trinajstić information content (AvgIpc) is 2.91. The molecule has 1 heterocycles. The molecule has 10 nitrogen and oxygen atoms in total. The SMILES string of the molecule is COC(=O)COc1c(OC)cccc1C(CC(=O)OC)c1c(O)cc(C)n(CCc2ccc(O)cc2)c1=O. The lowest BCUT2D eigenvalue weighted by atomic mass is 9.87. The Morgan fingerprint density at radius 1 is 0.974 bits per heavy atom. The second-order valence-electron chi connectivity index (χ2n) is 8.53. The van der Waals surface area contributed by atoms with Gasteiger partial charge in [-0.25, -0.2) is 4.79 Å². The van der Waals surface area contributed by atoms with E-state index in [2.05, 4.69) is 4.74 Å². The predicted molar refractivity (Wildman–Crippen MR) is 138 cm³/mol. The summed E-state index contributed by atoms with van der Waals surface area (Å²) >= 11 is 0. The molecule has 0 aliphatic carbocycles. The zero-order chi connectivity index (χ0) is 27.8. The Morgan fingerprint density at radius 2 is 1.66 bits per heavy atom. The largest absolute Gasteiger partial charge is 0.508 e. The van der Waals surface area contributed by atoms with Gasteiger partial charge in [-0.2, -0.15) is 0 Å². The Balaban J connectivity index is 2.13. The van der Waals surface area contributed by atoms with Crippen molar-refractivity contribution in [1.29, 1.82) is 0 Å². The molecular weight excluding hydrogens is 494 g/mol. The van der Waals surface area contributed by atoms with Gasteiger partial charge in [0.1, 0.15) is 11.5 Å². The number of aromatic hydroxyl groups is 2. The van der Waals surface area contributed by atoms with Gasteiger partial charge in [0, 0.05) is 23.7 Å². The number of pyridine rings is 1. The van der Waals surface area contributed by atoms with Crippen LogP contribution >= 0.6 is 0 Å². The molecule has 2 N–H and O–H groups in total. The van der Waals surface area contributed by atoms with Crippen LogP contribution in [0.25, 0.3) is 0 Å². The highest BCUT2D eigenvalue weighted by molar-refractivity contribution is 5.73. The van der Waals surface area contributed by atoms with E-state index < -0.39 is 30.0 Å². The molecule has 1 unspecified atom stereocenters. The molecule has 0 bridgehead atoms. The van der Waals surface area contributed by atoms with E-state index in [1.807, 2.05) is 0 Å². The fraction of sp³-hybridized carbons (Fsp3) is 0.321. The minimum atomic E-state index is -0.988. The maximum atomic E-state index is 13.8. The summed E-state index contributed by atoms with van der Waals surface area (Å²) in [6.07, 6.45) is 0.196. The Kier molecular flexibility index (Phi) is 9.37. The first-order chi connectivity index (χ1) is 18.2. The summed E-state index contributed by atoms with van der Waals surface area (Å²) in [5.41, 5.74) is 1.26. The number of hydrogen-bond donors (Lipinski definition) is 2. The summed E-state index contributed by atoms with van der Waals surface area (Å²) in [4.78, 5) is 38.1. The molecule has 0 fully saturated rings. The van der Waals surface area contributed by atoms with E-state index in [4.69, 9.17) is 14.2 Å². The molecule has 0 amide bonds. The number of aryl methyl sites for hydroxylation is 2. The first-order valence-corrected chi connectivity index (χ1v) is 11.8. The third-order valence-corrected chi connectivity index (χ3v) is 6.20. The van der Waals surface area contributed by atoms with Crippen LogP contribution in [0.15, 0.2) is 53.3 Å². The highest BCUT2D eigenvalue weighted by Gasteiger charge is 2.30. The lowest BCUT2D eigenvalue weighted by Gasteiger charge is -2.23. The molecule has 10 heteroatoms. The van der Waals surface area contributed by atoms with Gasteiger partial charge in [0.15, 0.2) is 18.1 Å². The molecule has 3 aromatic rings. The lowest BCUT2D eigenvalue weighted by molar-refractivity contribution is -0.143. The molecule has 1 aromatic heterocycles. The van der Waals surface area contributed by atoms with E-state index in [0.29, 0.717) is 17.7 Å². The third kappa shape index (κ3) is 6.44. The fourth-order valence-electron chi connectivity index (χ4n) is 4.21. The van der Waals surface area contributed by atoms with Crippen molar-refractivity contribution >= 4 is 11.9 Å². The summed E-state index contributed by atoms with van der Waals surface area (Å²) in [5, 5.41) is 20.5. The second kappa shape index (κ2) is 12.7. The number of esters is 2. The van der Waals surface area contributed by atoms with Crippen molar-refractivity contribution in [3.63, 3.8) is 0 Å². The maximum absolute atomic E-state index is 13.8. The number of phenols is 1. The van der Waals surface area contributed by atoms with Crippen LogP contribution < -0.4 is 15.0 Å². The van der Waals surface area contributed by atoms with Gasteiger partial charge in [-0.15, -0.1) is 0 Å². The van der Waals surface area contributed by atoms with Crippen LogP contribution in [-0.4, -0.2) is 54.7 Å². The normalized spacial score (nSPS) is 11.5. The van der Waals surface area contributed by atoms with E-state index in [1.54, 1.807) is 49.4 Å². The van der Waals surface area contributed by atoms with Gasteiger partial charge < -0.3 is 33.7 Å². The lowest BCUT2D eigenvalue weighted by Crippen LogP contribution is -2.29. The number of ether oxygens (including phenoxy) is 4. The number of benzene rings is 2. The first-order valence-electron chi connectivity index (χ1n) is 11.8. The zero-order valence-corrected chi connectivity index (χ0v) is 21.7. The van der Waals surface area contributed by atoms with Gasteiger partial charge in [0.05, 0.1) is 33.3 Å². The minimum Gasteiger partial charge on any atom is -0.508 e. The van der Waals surface area contributed by atoms with Crippen LogP contribution in [0.5, 0.6) is 23.0 Å². The number of methoxy groups -OCH3 is 3. The van der Waals surface area contributed by atoms with Crippen molar-refractivity contribution in [2.45, 2.75) is 32.2 Å². The second-order valence-corrected chi connectivity index (χ2v) is 8.53. The van der Waals surface area contributed by atoms with Crippen molar-refractivity contribution < 1.29 is 38.7 Å². The van der Waals surface area contributed by atoms with Crippen molar-refractivity contribution in [3.05, 3.63) is 81.3 Å². The fourth-order valence-corrected chi connectivity index (χ4v) is 4.21. The summed E-state index contributed by atoms with van der Waals surface area (Å²) in [6, 6.07) is 13.0. The van der Waals surface area contributed by atoms with Crippen molar-refractivity contribution in [2.24, 2.45) is 0 Å². The van der Waals surface area contributed by atoms with E-state index in [1.165, 1.54) is 32.0 Å². The van der Waals surface area contributed by atoms with Gasteiger partial charge in [-0.05, 0) is 43.2 Å². The van der Waals surface area contributed by atoms with Gasteiger partial charge in [-0.1, -0.05) is 24.3 Å². The molecule has 202 valence electrons. The van der Waals surface area contributed by atoms with Gasteiger partial charge >= 0.3 is 11.9 Å². The maximum Gasteiger partial charge on any atom is 0.343 e. The molecule has 3 rings (SSSR count). The third-order valence-electron chi connectivity index (χ3n) is 6.20. The number of phenolic OH excluding ortho intramolecular Hbond substituents is 1. The van der Waals surface area contributed by atoms with Crippen LogP contribution in [0, 0.1) is 6.92 Å². The van der Waals surface area contributed by atoms with Crippen molar-refractivity contribution in [1.82, 2.24) is 4.57 Å². The standard InChI is InChI=1S/C28H31NO9/c1-17-14-22(31)26(28(34)29(17)13-12-18-8-10-19(30)11-9-18)21(15-24(32)36-3)20-6-5-7-23(35-2)27(20)38-16-25(33)37-4/h5-11,14,21,30-31H,12-13,15-16H2,1-4H3. The molecule has 1 atom stereocenters. The van der Waals surface area contributed by atoms with Crippen LogP contribution in [0.2, 0.25) is 0 Å². The molecule has 0 spiro atoms. The zero-order valence-electron chi connectivity index (χ0n) is 21.7. The van der Waals surface area contributed by atoms with E-state index in [0.717, 1.165) is 5.56 Å². The van der Waals surface area contributed by atoms with Crippen LogP contribution in [0.3, 0.4) is 0 Å². The molecular formula is C28H31NO9. The predicted octanol–water partition coefficient (Wildman–Crippen LogP) is 3.07. The molecule has 0 aliphatic heterocycles. The van der Waals surface area contributed by atoms with Gasteiger partial charge in [-0.3, -0.25) is 9.59 Å². The summed E-state index contributed by atoms with van der Waals surface area (Å²) in [6.45, 7) is 1.55. The number of nitrogens with zero attached hydrogens (tertiary/aromatic N) is 1.